The number of unbranched alkanes of at least 4 members (excludes halogenated alkanes) is 28. The number of hydrogen-bond acceptors (Lipinski definition) is 4. The molecule has 0 saturated carbocycles. The third-order valence-corrected chi connectivity index (χ3v) is 10.1. The molecule has 0 aliphatic rings. The van der Waals surface area contributed by atoms with E-state index in [0.717, 1.165) is 38.5 Å². The van der Waals surface area contributed by atoms with Gasteiger partial charge in [-0.25, -0.2) is 0 Å². The molecule has 3 N–H and O–H groups in total. The molecule has 0 aliphatic heterocycles. The van der Waals surface area contributed by atoms with Gasteiger partial charge in [-0.05, 0) is 12.8 Å². The number of aliphatic hydroxyl groups is 1. The SMILES string of the molecule is CCCCCCCCCCCCCCCCCCCCCCC(O)C(CS(=O)(=O)O)NC(=O)CCCCCCCCCCCC. The van der Waals surface area contributed by atoms with Crippen LogP contribution in [0.3, 0.4) is 0 Å². The lowest BCUT2D eigenvalue weighted by atomic mass is 10.0. The van der Waals surface area contributed by atoms with E-state index in [4.69, 9.17) is 0 Å². The maximum Gasteiger partial charge on any atom is 0.266 e. The van der Waals surface area contributed by atoms with Crippen LogP contribution in [0.15, 0.2) is 0 Å². The highest BCUT2D eigenvalue weighted by atomic mass is 32.2. The van der Waals surface area contributed by atoms with E-state index in [1.165, 1.54) is 154 Å². The Morgan fingerprint density at radius 3 is 1.11 bits per heavy atom. The molecule has 2 unspecified atom stereocenters. The summed E-state index contributed by atoms with van der Waals surface area (Å²) < 4.78 is 32.4. The average Bonchev–Trinajstić information content (AvgIpc) is 3.00. The minimum absolute atomic E-state index is 0.245. The normalized spacial score (nSPS) is 13.2. The smallest absolute Gasteiger partial charge is 0.266 e. The molecule has 2 atom stereocenters. The maximum atomic E-state index is 12.4. The van der Waals surface area contributed by atoms with E-state index in [1.54, 1.807) is 0 Å². The number of amides is 1. The molecular weight excluding hydrogens is 582 g/mol. The van der Waals surface area contributed by atoms with Crippen molar-refractivity contribution in [2.45, 2.75) is 231 Å². The van der Waals surface area contributed by atoms with Gasteiger partial charge >= 0.3 is 0 Å². The monoisotopic (exact) mass is 660 g/mol. The Bertz CT molecular complexity index is 730. The van der Waals surface area contributed by atoms with Gasteiger partial charge in [0, 0.05) is 6.42 Å². The van der Waals surface area contributed by atoms with Gasteiger partial charge in [0.1, 0.15) is 0 Å². The second-order valence-electron chi connectivity index (χ2n) is 13.9. The largest absolute Gasteiger partial charge is 0.391 e. The summed E-state index contributed by atoms with van der Waals surface area (Å²) in [6.45, 7) is 4.50. The standard InChI is InChI=1S/C38H77NO5S/c1-3-5-7-9-11-13-15-16-17-18-19-20-21-22-23-24-25-27-29-31-33-37(40)36(35-45(42,43)44)39-38(41)34-32-30-28-26-14-12-10-8-6-4-2/h36-37,40H,3-35H2,1-2H3,(H,39,41)(H,42,43,44). The first-order valence-corrected chi connectivity index (χ1v) is 21.3. The van der Waals surface area contributed by atoms with E-state index in [9.17, 15) is 22.9 Å². The van der Waals surface area contributed by atoms with Gasteiger partial charge in [-0.15, -0.1) is 0 Å². The van der Waals surface area contributed by atoms with Crippen LogP contribution < -0.4 is 5.32 Å². The Kier molecular flexibility index (Phi) is 32.8. The molecule has 0 rings (SSSR count). The van der Waals surface area contributed by atoms with Gasteiger partial charge in [-0.2, -0.15) is 8.42 Å². The lowest BCUT2D eigenvalue weighted by molar-refractivity contribution is -0.122. The zero-order chi connectivity index (χ0) is 33.3. The zero-order valence-corrected chi connectivity index (χ0v) is 30.8. The van der Waals surface area contributed by atoms with Gasteiger partial charge in [-0.1, -0.05) is 200 Å². The fourth-order valence-electron chi connectivity index (χ4n) is 6.34. The number of carbonyl (C=O) groups is 1. The first kappa shape index (κ1) is 44.3. The maximum absolute atomic E-state index is 12.4. The summed E-state index contributed by atoms with van der Waals surface area (Å²) in [7, 11) is -4.30. The van der Waals surface area contributed by atoms with Gasteiger partial charge in [0.15, 0.2) is 0 Å². The van der Waals surface area contributed by atoms with Crippen LogP contribution in [0.1, 0.15) is 219 Å². The Morgan fingerprint density at radius 2 is 0.800 bits per heavy atom. The van der Waals surface area contributed by atoms with Crippen LogP contribution in [0.2, 0.25) is 0 Å². The highest BCUT2D eigenvalue weighted by Gasteiger charge is 2.26. The van der Waals surface area contributed by atoms with Crippen LogP contribution in [0.4, 0.5) is 0 Å². The second kappa shape index (κ2) is 33.2. The van der Waals surface area contributed by atoms with Gasteiger partial charge in [-0.3, -0.25) is 9.35 Å². The fraction of sp³-hybridized carbons (Fsp3) is 0.974. The number of aliphatic hydroxyl groups excluding tert-OH is 1. The van der Waals surface area contributed by atoms with Crippen molar-refractivity contribution in [2.75, 3.05) is 5.75 Å². The molecule has 1 amide bonds. The molecule has 0 aromatic heterocycles. The highest BCUT2D eigenvalue weighted by molar-refractivity contribution is 7.85. The average molecular weight is 660 g/mol. The third kappa shape index (κ3) is 34.5. The van der Waals surface area contributed by atoms with E-state index in [1.807, 2.05) is 0 Å². The molecule has 0 fully saturated rings. The minimum atomic E-state index is -4.30. The second-order valence-corrected chi connectivity index (χ2v) is 15.4. The summed E-state index contributed by atoms with van der Waals surface area (Å²) in [5.74, 6) is -0.886. The summed E-state index contributed by atoms with van der Waals surface area (Å²) in [5, 5.41) is 13.3. The zero-order valence-electron chi connectivity index (χ0n) is 30.0. The lowest BCUT2D eigenvalue weighted by Crippen LogP contribution is -2.47. The van der Waals surface area contributed by atoms with Crippen LogP contribution in [0.25, 0.3) is 0 Å². The summed E-state index contributed by atoms with van der Waals surface area (Å²) in [6, 6.07) is -0.962. The molecular formula is C38H77NO5S. The first-order chi connectivity index (χ1) is 21.8. The van der Waals surface area contributed by atoms with Gasteiger partial charge < -0.3 is 10.4 Å². The van der Waals surface area contributed by atoms with E-state index in [2.05, 4.69) is 19.2 Å². The molecule has 0 radical (unpaired) electrons. The van der Waals surface area contributed by atoms with Crippen molar-refractivity contribution < 1.29 is 22.9 Å². The van der Waals surface area contributed by atoms with E-state index < -0.39 is 28.0 Å². The van der Waals surface area contributed by atoms with Gasteiger partial charge in [0.25, 0.3) is 10.1 Å². The molecule has 7 heteroatoms. The number of hydrogen-bond donors (Lipinski definition) is 3. The Hall–Kier alpha value is -0.660. The van der Waals surface area contributed by atoms with Crippen molar-refractivity contribution in [1.82, 2.24) is 5.32 Å². The third-order valence-electron chi connectivity index (χ3n) is 9.31. The molecule has 270 valence electrons. The number of rotatable bonds is 36. The molecule has 0 spiro atoms. The number of nitrogens with one attached hydrogen (secondary N) is 1. The van der Waals surface area contributed by atoms with Crippen molar-refractivity contribution in [3.8, 4) is 0 Å². The fourth-order valence-corrected chi connectivity index (χ4v) is 7.10. The Morgan fingerprint density at radius 1 is 0.511 bits per heavy atom. The minimum Gasteiger partial charge on any atom is -0.391 e. The highest BCUT2D eigenvalue weighted by Crippen LogP contribution is 2.16. The van der Waals surface area contributed by atoms with Crippen molar-refractivity contribution >= 4 is 16.0 Å². The topological polar surface area (TPSA) is 104 Å². The van der Waals surface area contributed by atoms with Crippen LogP contribution >= 0.6 is 0 Å². The van der Waals surface area contributed by atoms with Crippen LogP contribution in [0.5, 0.6) is 0 Å². The molecule has 0 aromatic rings. The molecule has 0 aromatic carbocycles. The van der Waals surface area contributed by atoms with Crippen molar-refractivity contribution in [3.63, 3.8) is 0 Å². The van der Waals surface area contributed by atoms with Crippen LogP contribution in [0, 0.1) is 0 Å². The van der Waals surface area contributed by atoms with E-state index >= 15 is 0 Å². The van der Waals surface area contributed by atoms with E-state index in [-0.39, 0.29) is 5.91 Å². The predicted octanol–water partition coefficient (Wildman–Crippen LogP) is 11.2. The first-order valence-electron chi connectivity index (χ1n) is 19.7. The summed E-state index contributed by atoms with van der Waals surface area (Å²) >= 11 is 0. The molecule has 0 aliphatic carbocycles. The quantitative estimate of drug-likeness (QED) is 0.0458. The summed E-state index contributed by atoms with van der Waals surface area (Å²) in [5.41, 5.74) is 0. The summed E-state index contributed by atoms with van der Waals surface area (Å²) in [4.78, 5) is 12.4. The summed E-state index contributed by atoms with van der Waals surface area (Å²) in [6.07, 6.45) is 37.7. The van der Waals surface area contributed by atoms with Crippen LogP contribution in [-0.2, 0) is 14.9 Å². The van der Waals surface area contributed by atoms with Crippen molar-refractivity contribution in [3.05, 3.63) is 0 Å². The van der Waals surface area contributed by atoms with Gasteiger partial charge in [0.2, 0.25) is 5.91 Å². The Labute approximate surface area is 280 Å². The van der Waals surface area contributed by atoms with E-state index in [0.29, 0.717) is 12.8 Å². The molecule has 6 nitrogen and oxygen atoms in total. The van der Waals surface area contributed by atoms with Crippen LogP contribution in [-0.4, -0.2) is 41.9 Å². The van der Waals surface area contributed by atoms with Crippen molar-refractivity contribution in [2.24, 2.45) is 0 Å². The molecule has 45 heavy (non-hydrogen) atoms. The van der Waals surface area contributed by atoms with Crippen molar-refractivity contribution in [1.29, 1.82) is 0 Å². The predicted molar refractivity (Wildman–Crippen MR) is 193 cm³/mol. The number of carbonyl (C=O) groups excluding carboxylic acids is 1. The lowest BCUT2D eigenvalue weighted by Gasteiger charge is -2.23. The molecule has 0 bridgehead atoms. The molecule has 0 heterocycles. The molecule has 0 saturated heterocycles. The van der Waals surface area contributed by atoms with Gasteiger partial charge in [0.05, 0.1) is 17.9 Å². The Balaban J connectivity index is 3.78.